The molecule has 0 aliphatic rings. The Kier molecular flexibility index (Phi) is 9.24. The van der Waals surface area contributed by atoms with Crippen molar-refractivity contribution < 1.29 is 21.1 Å². The van der Waals surface area contributed by atoms with Crippen molar-refractivity contribution in [1.29, 1.82) is 0 Å². The SMILES string of the molecule is CC(C)CN.[Pt]. The molecule has 0 rings (SSSR count). The van der Waals surface area contributed by atoms with Crippen LogP contribution >= 0.6 is 0 Å². The molecule has 0 aliphatic heterocycles. The maximum Gasteiger partial charge on any atom is 0 e. The average molecular weight is 268 g/mol. The van der Waals surface area contributed by atoms with Crippen molar-refractivity contribution in [2.24, 2.45) is 11.7 Å². The van der Waals surface area contributed by atoms with Crippen LogP contribution in [0.2, 0.25) is 0 Å². The van der Waals surface area contributed by atoms with Gasteiger partial charge in [-0.1, -0.05) is 13.8 Å². The van der Waals surface area contributed by atoms with Crippen LogP contribution in [0.3, 0.4) is 0 Å². The first-order valence-electron chi connectivity index (χ1n) is 1.97. The number of rotatable bonds is 1. The molecule has 1 nitrogen and oxygen atoms in total. The normalized spacial score (nSPS) is 8.00. The van der Waals surface area contributed by atoms with Gasteiger partial charge in [0.05, 0.1) is 0 Å². The third kappa shape index (κ3) is 8.82. The Balaban J connectivity index is 0. The quantitative estimate of drug-likeness (QED) is 0.740. The molecule has 0 saturated carbocycles. The zero-order valence-electron chi connectivity index (χ0n) is 4.18. The summed E-state index contributed by atoms with van der Waals surface area (Å²) in [6.45, 7) is 5.00. The Morgan fingerprint density at radius 2 is 1.67 bits per heavy atom. The monoisotopic (exact) mass is 268 g/mol. The maximum absolute atomic E-state index is 5.17. The van der Waals surface area contributed by atoms with Gasteiger partial charge in [-0.3, -0.25) is 0 Å². The predicted octanol–water partition coefficient (Wildman–Crippen LogP) is 0.599. The molecule has 0 heterocycles. The van der Waals surface area contributed by atoms with Crippen molar-refractivity contribution in [2.75, 3.05) is 6.54 Å². The van der Waals surface area contributed by atoms with Gasteiger partial charge in [0.15, 0.2) is 0 Å². The molecule has 0 saturated heterocycles. The maximum atomic E-state index is 5.17. The molecule has 2 heteroatoms. The van der Waals surface area contributed by atoms with Crippen molar-refractivity contribution in [2.45, 2.75) is 13.8 Å². The standard InChI is InChI=1S/C4H11N.Pt/c1-4(2)3-5;/h4H,3,5H2,1-2H3;. The summed E-state index contributed by atoms with van der Waals surface area (Å²) in [4.78, 5) is 0. The Morgan fingerprint density at radius 3 is 1.67 bits per heavy atom. The number of hydrogen-bond donors (Lipinski definition) is 1. The van der Waals surface area contributed by atoms with Gasteiger partial charge in [0, 0.05) is 21.1 Å². The molecule has 0 bridgehead atoms. The van der Waals surface area contributed by atoms with Crippen LogP contribution in [-0.2, 0) is 21.1 Å². The molecule has 0 amide bonds. The van der Waals surface area contributed by atoms with Crippen LogP contribution < -0.4 is 5.73 Å². The first-order chi connectivity index (χ1) is 2.27. The molecule has 0 fully saturated rings. The summed E-state index contributed by atoms with van der Waals surface area (Å²) in [6, 6.07) is 0. The van der Waals surface area contributed by atoms with Crippen LogP contribution in [0.15, 0.2) is 0 Å². The van der Waals surface area contributed by atoms with Crippen LogP contribution in [0.4, 0.5) is 0 Å². The molecular formula is C4H11NPt. The zero-order valence-corrected chi connectivity index (χ0v) is 6.45. The van der Waals surface area contributed by atoms with Gasteiger partial charge < -0.3 is 5.73 Å². The van der Waals surface area contributed by atoms with E-state index in [1.165, 1.54) is 0 Å². The second-order valence-corrected chi connectivity index (χ2v) is 1.63. The van der Waals surface area contributed by atoms with Crippen molar-refractivity contribution in [1.82, 2.24) is 0 Å². The molecule has 0 radical (unpaired) electrons. The van der Waals surface area contributed by atoms with Crippen LogP contribution in [0.25, 0.3) is 0 Å². The van der Waals surface area contributed by atoms with Gasteiger partial charge in [0.1, 0.15) is 0 Å². The summed E-state index contributed by atoms with van der Waals surface area (Å²) < 4.78 is 0. The molecular weight excluding hydrogens is 257 g/mol. The second-order valence-electron chi connectivity index (χ2n) is 1.63. The third-order valence-corrected chi connectivity index (χ3v) is 0.471. The van der Waals surface area contributed by atoms with Crippen LogP contribution in [-0.4, -0.2) is 6.54 Å². The van der Waals surface area contributed by atoms with E-state index in [0.717, 1.165) is 6.54 Å². The smallest absolute Gasteiger partial charge is 0 e. The average Bonchev–Trinajstić information content (AvgIpc) is 1.38. The predicted molar refractivity (Wildman–Crippen MR) is 23.9 cm³/mol. The van der Waals surface area contributed by atoms with Gasteiger partial charge in [-0.05, 0) is 12.5 Å². The second kappa shape index (κ2) is 5.65. The van der Waals surface area contributed by atoms with E-state index in [2.05, 4.69) is 13.8 Å². The van der Waals surface area contributed by atoms with Gasteiger partial charge in [0.25, 0.3) is 0 Å². The summed E-state index contributed by atoms with van der Waals surface area (Å²) in [5, 5.41) is 0. The van der Waals surface area contributed by atoms with E-state index in [0.29, 0.717) is 5.92 Å². The minimum Gasteiger partial charge on any atom is -0.330 e. The fraction of sp³-hybridized carbons (Fsp3) is 1.00. The van der Waals surface area contributed by atoms with Crippen LogP contribution in [0.5, 0.6) is 0 Å². The number of hydrogen-bond acceptors (Lipinski definition) is 1. The van der Waals surface area contributed by atoms with Gasteiger partial charge in [0.2, 0.25) is 0 Å². The molecule has 2 N–H and O–H groups in total. The van der Waals surface area contributed by atoms with Gasteiger partial charge in [-0.15, -0.1) is 0 Å². The number of nitrogens with two attached hydrogens (primary N) is 1. The summed E-state index contributed by atoms with van der Waals surface area (Å²) in [5.74, 6) is 0.662. The Morgan fingerprint density at radius 1 is 1.50 bits per heavy atom. The summed E-state index contributed by atoms with van der Waals surface area (Å²) in [6.07, 6.45) is 0. The van der Waals surface area contributed by atoms with Crippen molar-refractivity contribution in [3.63, 3.8) is 0 Å². The van der Waals surface area contributed by atoms with E-state index in [1.807, 2.05) is 0 Å². The van der Waals surface area contributed by atoms with Crippen LogP contribution in [0, 0.1) is 5.92 Å². The molecule has 0 atom stereocenters. The topological polar surface area (TPSA) is 26.0 Å². The minimum atomic E-state index is 0. The van der Waals surface area contributed by atoms with E-state index in [4.69, 9.17) is 5.73 Å². The van der Waals surface area contributed by atoms with Gasteiger partial charge in [-0.25, -0.2) is 0 Å². The molecule has 6 heavy (non-hydrogen) atoms. The zero-order chi connectivity index (χ0) is 4.28. The molecule has 0 spiro atoms. The third-order valence-electron chi connectivity index (χ3n) is 0.471. The first kappa shape index (κ1) is 9.82. The van der Waals surface area contributed by atoms with Crippen LogP contribution in [0.1, 0.15) is 13.8 Å². The molecule has 0 unspecified atom stereocenters. The molecule has 0 aromatic heterocycles. The van der Waals surface area contributed by atoms with E-state index in [9.17, 15) is 0 Å². The van der Waals surface area contributed by atoms with Crippen molar-refractivity contribution >= 4 is 0 Å². The first-order valence-corrected chi connectivity index (χ1v) is 1.97. The molecule has 0 aliphatic carbocycles. The van der Waals surface area contributed by atoms with Gasteiger partial charge >= 0.3 is 0 Å². The Hall–Kier alpha value is 0.648. The summed E-state index contributed by atoms with van der Waals surface area (Å²) in [5.41, 5.74) is 5.17. The Bertz CT molecular complexity index is 21.5. The van der Waals surface area contributed by atoms with E-state index >= 15 is 0 Å². The summed E-state index contributed by atoms with van der Waals surface area (Å²) in [7, 11) is 0. The van der Waals surface area contributed by atoms with E-state index in [-0.39, 0.29) is 21.1 Å². The molecule has 42 valence electrons. The molecule has 0 aromatic carbocycles. The fourth-order valence-electron chi connectivity index (χ4n) is 0. The Labute approximate surface area is 53.6 Å². The van der Waals surface area contributed by atoms with Crippen molar-refractivity contribution in [3.8, 4) is 0 Å². The van der Waals surface area contributed by atoms with Crippen molar-refractivity contribution in [3.05, 3.63) is 0 Å². The molecule has 0 aromatic rings. The summed E-state index contributed by atoms with van der Waals surface area (Å²) >= 11 is 0. The fourth-order valence-corrected chi connectivity index (χ4v) is 0. The minimum absolute atomic E-state index is 0. The largest absolute Gasteiger partial charge is 0.330 e. The van der Waals surface area contributed by atoms with E-state index < -0.39 is 0 Å². The van der Waals surface area contributed by atoms with E-state index in [1.54, 1.807) is 0 Å². The van der Waals surface area contributed by atoms with Gasteiger partial charge in [-0.2, -0.15) is 0 Å².